The van der Waals surface area contributed by atoms with Crippen molar-refractivity contribution in [1.82, 2.24) is 15.6 Å². The third-order valence-corrected chi connectivity index (χ3v) is 5.04. The first kappa shape index (κ1) is 18.2. The number of pyridine rings is 1. The fraction of sp³-hybridized carbons (Fsp3) is 0.700. The lowest BCUT2D eigenvalue weighted by atomic mass is 9.92. The molecular formula is C20H31N3O2. The highest BCUT2D eigenvalue weighted by Crippen LogP contribution is 2.40. The number of aromatic nitrogens is 1. The summed E-state index contributed by atoms with van der Waals surface area (Å²) in [6.07, 6.45) is 9.29. The summed E-state index contributed by atoms with van der Waals surface area (Å²) in [4.78, 5) is 16.6. The highest BCUT2D eigenvalue weighted by Gasteiger charge is 2.44. The molecule has 1 aromatic rings. The number of carbonyl (C=O) groups is 1. The van der Waals surface area contributed by atoms with Crippen LogP contribution < -0.4 is 10.6 Å². The minimum atomic E-state index is -0.441. The van der Waals surface area contributed by atoms with E-state index in [-0.39, 0.29) is 11.6 Å². The molecule has 1 heterocycles. The number of alkyl carbamates (subject to hydrolysis) is 1. The van der Waals surface area contributed by atoms with Gasteiger partial charge in [0.05, 0.1) is 5.69 Å². The van der Waals surface area contributed by atoms with Crippen LogP contribution in [0.2, 0.25) is 0 Å². The first-order valence-corrected chi connectivity index (χ1v) is 9.55. The van der Waals surface area contributed by atoms with Crippen molar-refractivity contribution < 1.29 is 9.53 Å². The van der Waals surface area contributed by atoms with Gasteiger partial charge in [0.25, 0.3) is 0 Å². The van der Waals surface area contributed by atoms with Gasteiger partial charge in [0.15, 0.2) is 0 Å². The lowest BCUT2D eigenvalue weighted by Crippen LogP contribution is -2.41. The van der Waals surface area contributed by atoms with Gasteiger partial charge in [-0.25, -0.2) is 4.79 Å². The van der Waals surface area contributed by atoms with Gasteiger partial charge >= 0.3 is 6.09 Å². The Hall–Kier alpha value is -1.62. The molecule has 3 rings (SSSR count). The van der Waals surface area contributed by atoms with Gasteiger partial charge in [0.2, 0.25) is 0 Å². The standard InChI is InChI=1S/C20H31N3O2/c1-19(2,3)25-18(24)23-20(11-12-20)10-6-14-21-16-9-4-7-15-8-5-13-22-17(15)16/h5,8,13,16,21H,4,6-7,9-12,14H2,1-3H3,(H,23,24). The molecule has 5 nitrogen and oxygen atoms in total. The van der Waals surface area contributed by atoms with E-state index in [4.69, 9.17) is 4.74 Å². The first-order chi connectivity index (χ1) is 11.9. The summed E-state index contributed by atoms with van der Waals surface area (Å²) in [7, 11) is 0. The van der Waals surface area contributed by atoms with E-state index in [0.717, 1.165) is 45.1 Å². The Morgan fingerprint density at radius 3 is 2.92 bits per heavy atom. The third-order valence-electron chi connectivity index (χ3n) is 5.04. The Bertz CT molecular complexity index is 605. The maximum Gasteiger partial charge on any atom is 0.408 e. The monoisotopic (exact) mass is 345 g/mol. The molecule has 0 aromatic carbocycles. The molecule has 0 bridgehead atoms. The number of nitrogens with zero attached hydrogens (tertiary/aromatic N) is 1. The molecule has 25 heavy (non-hydrogen) atoms. The summed E-state index contributed by atoms with van der Waals surface area (Å²) in [5.74, 6) is 0. The molecule has 1 saturated carbocycles. The maximum atomic E-state index is 12.0. The Balaban J connectivity index is 1.41. The van der Waals surface area contributed by atoms with Crippen LogP contribution in [0.4, 0.5) is 4.79 Å². The van der Waals surface area contributed by atoms with Gasteiger partial charge in [-0.1, -0.05) is 6.07 Å². The Morgan fingerprint density at radius 1 is 1.40 bits per heavy atom. The SMILES string of the molecule is CC(C)(C)OC(=O)NC1(CCCNC2CCCc3cccnc32)CC1. The lowest BCUT2D eigenvalue weighted by molar-refractivity contribution is 0.0493. The highest BCUT2D eigenvalue weighted by atomic mass is 16.6. The number of aryl methyl sites for hydroxylation is 1. The molecule has 0 aliphatic heterocycles. The number of nitrogens with one attached hydrogen (secondary N) is 2. The fourth-order valence-electron chi connectivity index (χ4n) is 3.62. The topological polar surface area (TPSA) is 63.2 Å². The van der Waals surface area contributed by atoms with E-state index in [2.05, 4.69) is 21.7 Å². The minimum Gasteiger partial charge on any atom is -0.444 e. The second kappa shape index (κ2) is 7.32. The summed E-state index contributed by atoms with van der Waals surface area (Å²) in [6.45, 7) is 6.64. The number of carbonyl (C=O) groups excluding carboxylic acids is 1. The zero-order valence-corrected chi connectivity index (χ0v) is 15.7. The summed E-state index contributed by atoms with van der Waals surface area (Å²) in [5.41, 5.74) is 2.13. The second-order valence-corrected chi connectivity index (χ2v) is 8.46. The highest BCUT2D eigenvalue weighted by molar-refractivity contribution is 5.69. The van der Waals surface area contributed by atoms with Gasteiger partial charge in [0.1, 0.15) is 5.60 Å². The molecule has 1 atom stereocenters. The second-order valence-electron chi connectivity index (χ2n) is 8.46. The molecule has 0 saturated heterocycles. The molecule has 1 aromatic heterocycles. The Labute approximate surface area is 150 Å². The third kappa shape index (κ3) is 5.18. The number of amides is 1. The Morgan fingerprint density at radius 2 is 2.20 bits per heavy atom. The molecule has 138 valence electrons. The van der Waals surface area contributed by atoms with Gasteiger partial charge in [-0.3, -0.25) is 4.98 Å². The molecule has 1 amide bonds. The van der Waals surface area contributed by atoms with E-state index < -0.39 is 5.60 Å². The number of rotatable bonds is 6. The van der Waals surface area contributed by atoms with Crippen LogP contribution in [-0.4, -0.2) is 28.8 Å². The lowest BCUT2D eigenvalue weighted by Gasteiger charge is -2.26. The van der Waals surface area contributed by atoms with E-state index in [1.165, 1.54) is 17.7 Å². The summed E-state index contributed by atoms with van der Waals surface area (Å²) in [5, 5.41) is 6.74. The summed E-state index contributed by atoms with van der Waals surface area (Å²) < 4.78 is 5.38. The van der Waals surface area contributed by atoms with Crippen molar-refractivity contribution in [2.24, 2.45) is 0 Å². The predicted molar refractivity (Wildman–Crippen MR) is 98.5 cm³/mol. The van der Waals surface area contributed by atoms with Crippen LogP contribution in [0.15, 0.2) is 18.3 Å². The maximum absolute atomic E-state index is 12.0. The van der Waals surface area contributed by atoms with Gasteiger partial charge < -0.3 is 15.4 Å². The van der Waals surface area contributed by atoms with Crippen LogP contribution in [0.5, 0.6) is 0 Å². The van der Waals surface area contributed by atoms with Crippen LogP contribution in [0.1, 0.15) is 76.6 Å². The molecule has 1 fully saturated rings. The van der Waals surface area contributed by atoms with Gasteiger partial charge in [0, 0.05) is 17.8 Å². The molecule has 2 aliphatic carbocycles. The van der Waals surface area contributed by atoms with E-state index >= 15 is 0 Å². The van der Waals surface area contributed by atoms with Gasteiger partial charge in [-0.05, 0) is 83.9 Å². The molecule has 0 spiro atoms. The van der Waals surface area contributed by atoms with E-state index in [9.17, 15) is 4.79 Å². The largest absolute Gasteiger partial charge is 0.444 e. The zero-order chi connectivity index (χ0) is 17.9. The fourth-order valence-corrected chi connectivity index (χ4v) is 3.62. The van der Waals surface area contributed by atoms with Crippen molar-refractivity contribution in [2.75, 3.05) is 6.54 Å². The number of fused-ring (bicyclic) bond motifs is 1. The number of ether oxygens (including phenoxy) is 1. The molecule has 0 radical (unpaired) electrons. The van der Waals surface area contributed by atoms with Crippen molar-refractivity contribution >= 4 is 6.09 Å². The smallest absolute Gasteiger partial charge is 0.408 e. The van der Waals surface area contributed by atoms with Crippen LogP contribution >= 0.6 is 0 Å². The molecule has 5 heteroatoms. The Kier molecular flexibility index (Phi) is 5.32. The van der Waals surface area contributed by atoms with Crippen LogP contribution in [0, 0.1) is 0 Å². The van der Waals surface area contributed by atoms with Crippen molar-refractivity contribution in [2.45, 2.75) is 82.9 Å². The molecular weight excluding hydrogens is 314 g/mol. The van der Waals surface area contributed by atoms with E-state index in [1.54, 1.807) is 0 Å². The molecule has 2 N–H and O–H groups in total. The van der Waals surface area contributed by atoms with Crippen molar-refractivity contribution in [3.8, 4) is 0 Å². The van der Waals surface area contributed by atoms with Gasteiger partial charge in [-0.2, -0.15) is 0 Å². The molecule has 1 unspecified atom stereocenters. The quantitative estimate of drug-likeness (QED) is 0.768. The molecule has 2 aliphatic rings. The average Bonchev–Trinajstić information content (AvgIpc) is 3.29. The van der Waals surface area contributed by atoms with Crippen molar-refractivity contribution in [3.05, 3.63) is 29.6 Å². The normalized spacial score (nSPS) is 21.3. The minimum absolute atomic E-state index is 0.0350. The van der Waals surface area contributed by atoms with Crippen LogP contribution in [-0.2, 0) is 11.2 Å². The predicted octanol–water partition coefficient (Wildman–Crippen LogP) is 3.89. The van der Waals surface area contributed by atoms with Crippen molar-refractivity contribution in [3.63, 3.8) is 0 Å². The average molecular weight is 345 g/mol. The van der Waals surface area contributed by atoms with E-state index in [0.29, 0.717) is 6.04 Å². The van der Waals surface area contributed by atoms with Crippen LogP contribution in [0.25, 0.3) is 0 Å². The van der Waals surface area contributed by atoms with E-state index in [1.807, 2.05) is 33.0 Å². The van der Waals surface area contributed by atoms with Crippen LogP contribution in [0.3, 0.4) is 0 Å². The summed E-state index contributed by atoms with van der Waals surface area (Å²) in [6, 6.07) is 4.60. The first-order valence-electron chi connectivity index (χ1n) is 9.55. The van der Waals surface area contributed by atoms with Gasteiger partial charge in [-0.15, -0.1) is 0 Å². The number of hydrogen-bond donors (Lipinski definition) is 2. The van der Waals surface area contributed by atoms with Crippen molar-refractivity contribution in [1.29, 1.82) is 0 Å². The summed E-state index contributed by atoms with van der Waals surface area (Å²) >= 11 is 0. The zero-order valence-electron chi connectivity index (χ0n) is 15.7. The number of hydrogen-bond acceptors (Lipinski definition) is 4.